The quantitative estimate of drug-likeness (QED) is 0.768. The third kappa shape index (κ3) is 2.53. The normalized spacial score (nSPS) is 9.94. The monoisotopic (exact) mass is 254 g/mol. The molecule has 98 valence electrons. The van der Waals surface area contributed by atoms with Crippen LogP contribution in [0.3, 0.4) is 0 Å². The van der Waals surface area contributed by atoms with Gasteiger partial charge in [0.15, 0.2) is 17.3 Å². The van der Waals surface area contributed by atoms with Gasteiger partial charge in [-0.05, 0) is 18.6 Å². The molecule has 0 amide bonds. The summed E-state index contributed by atoms with van der Waals surface area (Å²) in [5, 5.41) is 18.7. The topological polar surface area (TPSA) is 93.1 Å². The molecule has 0 radical (unpaired) electrons. The maximum atomic E-state index is 11.5. The van der Waals surface area contributed by atoms with Crippen LogP contribution in [0.1, 0.15) is 22.8 Å². The van der Waals surface area contributed by atoms with E-state index >= 15 is 0 Å². The average Bonchev–Trinajstić information content (AvgIpc) is 2.26. The van der Waals surface area contributed by atoms with Gasteiger partial charge in [0.2, 0.25) is 5.75 Å². The molecule has 0 saturated heterocycles. The summed E-state index contributed by atoms with van der Waals surface area (Å²) < 4.78 is 9.93. The lowest BCUT2D eigenvalue weighted by atomic mass is 9.99. The SMILES string of the molecule is COc1cc(CC(=O)O)c(C(C)=O)c(O)c1OC. The number of carboxylic acids is 1. The molecule has 0 spiro atoms. The third-order valence-corrected chi connectivity index (χ3v) is 2.42. The zero-order valence-electron chi connectivity index (χ0n) is 10.3. The van der Waals surface area contributed by atoms with Crippen molar-refractivity contribution in [1.29, 1.82) is 0 Å². The second-order valence-electron chi connectivity index (χ2n) is 3.62. The molecule has 18 heavy (non-hydrogen) atoms. The molecule has 1 rings (SSSR count). The van der Waals surface area contributed by atoms with Gasteiger partial charge >= 0.3 is 5.97 Å². The Balaban J connectivity index is 3.54. The highest BCUT2D eigenvalue weighted by atomic mass is 16.5. The summed E-state index contributed by atoms with van der Waals surface area (Å²) in [6.45, 7) is 1.24. The van der Waals surface area contributed by atoms with E-state index in [0.717, 1.165) is 0 Å². The highest BCUT2D eigenvalue weighted by Gasteiger charge is 2.22. The molecule has 0 unspecified atom stereocenters. The highest BCUT2D eigenvalue weighted by molar-refractivity contribution is 6.00. The van der Waals surface area contributed by atoms with Gasteiger partial charge in [0.1, 0.15) is 0 Å². The van der Waals surface area contributed by atoms with E-state index in [1.807, 2.05) is 0 Å². The molecule has 6 heteroatoms. The number of rotatable bonds is 5. The lowest BCUT2D eigenvalue weighted by Gasteiger charge is -2.15. The minimum atomic E-state index is -1.11. The van der Waals surface area contributed by atoms with Crippen molar-refractivity contribution in [1.82, 2.24) is 0 Å². The molecule has 0 aliphatic carbocycles. The van der Waals surface area contributed by atoms with Gasteiger partial charge in [-0.1, -0.05) is 0 Å². The van der Waals surface area contributed by atoms with Crippen LogP contribution < -0.4 is 9.47 Å². The molecule has 6 nitrogen and oxygen atoms in total. The minimum Gasteiger partial charge on any atom is -0.504 e. The molecule has 0 saturated carbocycles. The van der Waals surface area contributed by atoms with Gasteiger partial charge in [0, 0.05) is 0 Å². The molecule has 0 aliphatic rings. The third-order valence-electron chi connectivity index (χ3n) is 2.42. The summed E-state index contributed by atoms with van der Waals surface area (Å²) in [5.74, 6) is -1.76. The first kappa shape index (κ1) is 13.8. The number of carbonyl (C=O) groups is 2. The number of methoxy groups -OCH3 is 2. The second kappa shape index (κ2) is 5.39. The number of carboxylic acid groups (broad SMARTS) is 1. The van der Waals surface area contributed by atoms with Gasteiger partial charge in [-0.2, -0.15) is 0 Å². The maximum Gasteiger partial charge on any atom is 0.307 e. The number of hydrogen-bond donors (Lipinski definition) is 2. The van der Waals surface area contributed by atoms with E-state index in [-0.39, 0.29) is 29.0 Å². The number of ketones is 1. The molecular formula is C12H14O6. The largest absolute Gasteiger partial charge is 0.504 e. The van der Waals surface area contributed by atoms with Crippen molar-refractivity contribution in [3.63, 3.8) is 0 Å². The number of Topliss-reactive ketones (excluding diaryl/α,β-unsaturated/α-hetero) is 1. The smallest absolute Gasteiger partial charge is 0.307 e. The van der Waals surface area contributed by atoms with Crippen LogP contribution in [0.5, 0.6) is 17.2 Å². The average molecular weight is 254 g/mol. The second-order valence-corrected chi connectivity index (χ2v) is 3.62. The zero-order chi connectivity index (χ0) is 13.9. The number of phenols is 1. The summed E-state index contributed by atoms with van der Waals surface area (Å²) in [6, 6.07) is 1.38. The van der Waals surface area contributed by atoms with Gasteiger partial charge in [-0.25, -0.2) is 0 Å². The summed E-state index contributed by atoms with van der Waals surface area (Å²) >= 11 is 0. The van der Waals surface area contributed by atoms with E-state index in [9.17, 15) is 14.7 Å². The van der Waals surface area contributed by atoms with Crippen LogP contribution >= 0.6 is 0 Å². The van der Waals surface area contributed by atoms with Gasteiger partial charge < -0.3 is 19.7 Å². The predicted octanol–water partition coefficient (Wildman–Crippen LogP) is 1.24. The summed E-state index contributed by atoms with van der Waals surface area (Å²) in [7, 11) is 2.67. The molecule has 0 aromatic heterocycles. The zero-order valence-corrected chi connectivity index (χ0v) is 10.3. The molecule has 0 fully saturated rings. The molecule has 0 bridgehead atoms. The minimum absolute atomic E-state index is 0.0110. The first-order chi connectivity index (χ1) is 8.42. The van der Waals surface area contributed by atoms with Crippen molar-refractivity contribution in [2.24, 2.45) is 0 Å². The Hall–Kier alpha value is -2.24. The van der Waals surface area contributed by atoms with E-state index in [2.05, 4.69) is 0 Å². The summed E-state index contributed by atoms with van der Waals surface area (Å²) in [5.41, 5.74) is 0.125. The van der Waals surface area contributed by atoms with Gasteiger partial charge in [0.05, 0.1) is 26.2 Å². The van der Waals surface area contributed by atoms with Crippen molar-refractivity contribution >= 4 is 11.8 Å². The lowest BCUT2D eigenvalue weighted by molar-refractivity contribution is -0.136. The number of aromatic hydroxyl groups is 1. The van der Waals surface area contributed by atoms with Crippen LogP contribution in [0.15, 0.2) is 6.07 Å². The van der Waals surface area contributed by atoms with Crippen molar-refractivity contribution in [2.45, 2.75) is 13.3 Å². The standard InChI is InChI=1S/C12H14O6/c1-6(13)10-7(5-9(14)15)4-8(17-2)12(18-3)11(10)16/h4,16H,5H2,1-3H3,(H,14,15). The molecular weight excluding hydrogens is 240 g/mol. The summed E-state index contributed by atoms with van der Waals surface area (Å²) in [6.07, 6.45) is -0.386. The molecule has 1 aromatic carbocycles. The van der Waals surface area contributed by atoms with Gasteiger partial charge in [0.25, 0.3) is 0 Å². The fourth-order valence-electron chi connectivity index (χ4n) is 1.72. The Morgan fingerprint density at radius 2 is 1.89 bits per heavy atom. The molecule has 2 N–H and O–H groups in total. The van der Waals surface area contributed by atoms with E-state index < -0.39 is 17.5 Å². The highest BCUT2D eigenvalue weighted by Crippen LogP contribution is 2.41. The first-order valence-corrected chi connectivity index (χ1v) is 5.11. The van der Waals surface area contributed by atoms with Crippen molar-refractivity contribution < 1.29 is 29.3 Å². The fraction of sp³-hybridized carbons (Fsp3) is 0.333. The van der Waals surface area contributed by atoms with Gasteiger partial charge in [-0.3, -0.25) is 9.59 Å². The molecule has 0 aliphatic heterocycles. The van der Waals surface area contributed by atoms with Crippen molar-refractivity contribution in [3.05, 3.63) is 17.2 Å². The Labute approximate surface area is 104 Å². The van der Waals surface area contributed by atoms with E-state index in [1.54, 1.807) is 0 Å². The van der Waals surface area contributed by atoms with Gasteiger partial charge in [-0.15, -0.1) is 0 Å². The van der Waals surface area contributed by atoms with Crippen molar-refractivity contribution in [2.75, 3.05) is 14.2 Å². The predicted molar refractivity (Wildman–Crippen MR) is 62.6 cm³/mol. The number of benzene rings is 1. The van der Waals surface area contributed by atoms with Crippen LogP contribution in [0.25, 0.3) is 0 Å². The maximum absolute atomic E-state index is 11.5. The number of carbonyl (C=O) groups excluding carboxylic acids is 1. The summed E-state index contributed by atoms with van der Waals surface area (Å²) in [4.78, 5) is 22.2. The molecule has 0 atom stereocenters. The van der Waals surface area contributed by atoms with E-state index in [1.165, 1.54) is 27.2 Å². The van der Waals surface area contributed by atoms with Crippen LogP contribution in [0.2, 0.25) is 0 Å². The molecule has 0 heterocycles. The van der Waals surface area contributed by atoms with E-state index in [0.29, 0.717) is 0 Å². The van der Waals surface area contributed by atoms with Crippen LogP contribution in [0.4, 0.5) is 0 Å². The number of hydrogen-bond acceptors (Lipinski definition) is 5. The van der Waals surface area contributed by atoms with Crippen LogP contribution in [0, 0.1) is 0 Å². The fourth-order valence-corrected chi connectivity index (χ4v) is 1.72. The first-order valence-electron chi connectivity index (χ1n) is 5.11. The molecule has 1 aromatic rings. The van der Waals surface area contributed by atoms with Crippen LogP contribution in [-0.4, -0.2) is 36.2 Å². The Bertz CT molecular complexity index is 492. The van der Waals surface area contributed by atoms with Crippen molar-refractivity contribution in [3.8, 4) is 17.2 Å². The number of phenolic OH excluding ortho intramolecular Hbond substituents is 1. The number of ether oxygens (including phenoxy) is 2. The Morgan fingerprint density at radius 1 is 1.28 bits per heavy atom. The lowest BCUT2D eigenvalue weighted by Crippen LogP contribution is -2.08. The Morgan fingerprint density at radius 3 is 2.28 bits per heavy atom. The van der Waals surface area contributed by atoms with E-state index in [4.69, 9.17) is 14.6 Å². The number of aliphatic carboxylic acids is 1. The Kier molecular flexibility index (Phi) is 4.14. The van der Waals surface area contributed by atoms with Crippen LogP contribution in [-0.2, 0) is 11.2 Å².